The Kier molecular flexibility index (Phi) is 5.11. The van der Waals surface area contributed by atoms with E-state index in [-0.39, 0.29) is 6.04 Å². The molecule has 5 aromatic rings. The summed E-state index contributed by atoms with van der Waals surface area (Å²) in [4.78, 5) is 12.4. The van der Waals surface area contributed by atoms with Crippen LogP contribution in [0.4, 0.5) is 0 Å². The van der Waals surface area contributed by atoms with E-state index < -0.39 is 0 Å². The van der Waals surface area contributed by atoms with Gasteiger partial charge in [0, 0.05) is 28.2 Å². The molecular weight excluding hydrogens is 432 g/mol. The molecule has 5 nitrogen and oxygen atoms in total. The number of pyridine rings is 1. The smallest absolute Gasteiger partial charge is 0.214 e. The van der Waals surface area contributed by atoms with Gasteiger partial charge in [-0.3, -0.25) is 0 Å². The highest BCUT2D eigenvalue weighted by atomic mass is 35.5. The van der Waals surface area contributed by atoms with Crippen LogP contribution in [0.15, 0.2) is 79.5 Å². The Morgan fingerprint density at radius 3 is 2.91 bits per heavy atom. The van der Waals surface area contributed by atoms with Crippen molar-refractivity contribution >= 4 is 22.5 Å². The Morgan fingerprint density at radius 1 is 1.09 bits per heavy atom. The van der Waals surface area contributed by atoms with Crippen molar-refractivity contribution < 1.29 is 4.74 Å². The van der Waals surface area contributed by atoms with E-state index in [1.807, 2.05) is 67.4 Å². The molecule has 33 heavy (non-hydrogen) atoms. The van der Waals surface area contributed by atoms with Crippen LogP contribution in [0.3, 0.4) is 0 Å². The fraction of sp³-hybridized carbons (Fsp3) is 0.185. The Balaban J connectivity index is 1.36. The normalized spacial score (nSPS) is 15.5. The van der Waals surface area contributed by atoms with Crippen LogP contribution in [0.1, 0.15) is 35.6 Å². The summed E-state index contributed by atoms with van der Waals surface area (Å²) in [5.41, 5.74) is 6.92. The average Bonchev–Trinajstić information content (AvgIpc) is 3.49. The quantitative estimate of drug-likeness (QED) is 0.326. The molecule has 0 fully saturated rings. The number of aromatic nitrogens is 4. The SMILES string of the molecule is Clc1ccc2c(c1)CCCC2n1cncc1-c1c[nH]c2cnc(OCc3ccccc3)cc12. The molecule has 1 aliphatic carbocycles. The second kappa shape index (κ2) is 8.41. The van der Waals surface area contributed by atoms with Crippen LogP contribution < -0.4 is 4.74 Å². The van der Waals surface area contributed by atoms with Crippen LogP contribution in [0.2, 0.25) is 5.02 Å². The van der Waals surface area contributed by atoms with Gasteiger partial charge in [0.05, 0.1) is 36.0 Å². The molecule has 1 N–H and O–H groups in total. The molecule has 3 aromatic heterocycles. The van der Waals surface area contributed by atoms with E-state index >= 15 is 0 Å². The fourth-order valence-electron chi connectivity index (χ4n) is 4.83. The maximum Gasteiger partial charge on any atom is 0.214 e. The van der Waals surface area contributed by atoms with Crippen molar-refractivity contribution in [3.05, 3.63) is 101 Å². The summed E-state index contributed by atoms with van der Waals surface area (Å²) in [7, 11) is 0. The van der Waals surface area contributed by atoms with Gasteiger partial charge in [0.1, 0.15) is 6.61 Å². The maximum absolute atomic E-state index is 6.27. The lowest BCUT2D eigenvalue weighted by Crippen LogP contribution is -2.17. The summed E-state index contributed by atoms with van der Waals surface area (Å²) in [6, 6.07) is 18.6. The van der Waals surface area contributed by atoms with E-state index in [4.69, 9.17) is 16.3 Å². The van der Waals surface area contributed by atoms with Gasteiger partial charge in [-0.2, -0.15) is 0 Å². The van der Waals surface area contributed by atoms with E-state index in [0.717, 1.165) is 52.0 Å². The molecule has 2 aromatic carbocycles. The Hall–Kier alpha value is -3.57. The summed E-state index contributed by atoms with van der Waals surface area (Å²) in [6.07, 6.45) is 11.0. The molecule has 1 aliphatic rings. The zero-order chi connectivity index (χ0) is 22.2. The highest BCUT2D eigenvalue weighted by Crippen LogP contribution is 2.38. The number of aromatic amines is 1. The standard InChI is InChI=1S/C27H23ClN4O/c28-20-9-10-21-19(11-20)7-4-8-25(21)32-17-29-15-26(32)23-13-30-24-14-31-27(12-22(23)24)33-16-18-5-2-1-3-6-18/h1-3,5-6,9-15,17,25,30H,4,7-8,16H2. The first-order valence-electron chi connectivity index (χ1n) is 11.2. The van der Waals surface area contributed by atoms with Gasteiger partial charge in [-0.25, -0.2) is 9.97 Å². The van der Waals surface area contributed by atoms with Gasteiger partial charge in [0.2, 0.25) is 5.88 Å². The first kappa shape index (κ1) is 20.1. The molecule has 164 valence electrons. The van der Waals surface area contributed by atoms with Crippen molar-refractivity contribution in [1.29, 1.82) is 0 Å². The second-order valence-corrected chi connectivity index (χ2v) is 8.92. The molecule has 1 unspecified atom stereocenters. The van der Waals surface area contributed by atoms with E-state index in [2.05, 4.69) is 31.7 Å². The van der Waals surface area contributed by atoms with Crippen molar-refractivity contribution in [1.82, 2.24) is 19.5 Å². The molecule has 0 radical (unpaired) electrons. The van der Waals surface area contributed by atoms with E-state index in [9.17, 15) is 0 Å². The molecule has 0 saturated carbocycles. The molecule has 3 heterocycles. The van der Waals surface area contributed by atoms with Crippen molar-refractivity contribution in [3.8, 4) is 17.1 Å². The summed E-state index contributed by atoms with van der Waals surface area (Å²) in [6.45, 7) is 0.485. The maximum atomic E-state index is 6.27. The first-order chi connectivity index (χ1) is 16.3. The van der Waals surface area contributed by atoms with E-state index in [0.29, 0.717) is 12.5 Å². The molecule has 1 atom stereocenters. The Bertz CT molecular complexity index is 1420. The minimum atomic E-state index is 0.240. The van der Waals surface area contributed by atoms with Gasteiger partial charge in [0.25, 0.3) is 0 Å². The Labute approximate surface area is 197 Å². The lowest BCUT2D eigenvalue weighted by Gasteiger charge is -2.28. The van der Waals surface area contributed by atoms with Crippen molar-refractivity contribution in [2.45, 2.75) is 31.9 Å². The van der Waals surface area contributed by atoms with Gasteiger partial charge >= 0.3 is 0 Å². The number of halogens is 1. The Morgan fingerprint density at radius 2 is 2.00 bits per heavy atom. The van der Waals surface area contributed by atoms with Crippen LogP contribution in [0.25, 0.3) is 22.2 Å². The number of ether oxygens (including phenoxy) is 1. The predicted octanol–water partition coefficient (Wildman–Crippen LogP) is 6.58. The summed E-state index contributed by atoms with van der Waals surface area (Å²) >= 11 is 6.27. The summed E-state index contributed by atoms with van der Waals surface area (Å²) < 4.78 is 8.28. The number of nitrogens with one attached hydrogen (secondary N) is 1. The topological polar surface area (TPSA) is 55.7 Å². The highest BCUT2D eigenvalue weighted by Gasteiger charge is 2.24. The molecular formula is C27H23ClN4O. The van der Waals surface area contributed by atoms with Crippen LogP contribution in [-0.4, -0.2) is 19.5 Å². The predicted molar refractivity (Wildman–Crippen MR) is 131 cm³/mol. The molecule has 0 amide bonds. The monoisotopic (exact) mass is 454 g/mol. The third-order valence-electron chi connectivity index (χ3n) is 6.44. The highest BCUT2D eigenvalue weighted by molar-refractivity contribution is 6.30. The zero-order valence-electron chi connectivity index (χ0n) is 18.0. The molecule has 0 aliphatic heterocycles. The number of imidazole rings is 1. The third-order valence-corrected chi connectivity index (χ3v) is 6.67. The number of aryl methyl sites for hydroxylation is 1. The molecule has 0 spiro atoms. The minimum absolute atomic E-state index is 0.240. The van der Waals surface area contributed by atoms with Crippen molar-refractivity contribution in [2.75, 3.05) is 0 Å². The van der Waals surface area contributed by atoms with Gasteiger partial charge in [-0.15, -0.1) is 0 Å². The summed E-state index contributed by atoms with van der Waals surface area (Å²) in [5.74, 6) is 0.607. The zero-order valence-corrected chi connectivity index (χ0v) is 18.8. The molecule has 6 heteroatoms. The summed E-state index contributed by atoms with van der Waals surface area (Å²) in [5, 5.41) is 1.87. The third kappa shape index (κ3) is 3.79. The van der Waals surface area contributed by atoms with Crippen molar-refractivity contribution in [2.24, 2.45) is 0 Å². The molecule has 0 saturated heterocycles. The average molecular weight is 455 g/mol. The van der Waals surface area contributed by atoms with Gasteiger partial charge in [0.15, 0.2) is 0 Å². The van der Waals surface area contributed by atoms with Gasteiger partial charge in [-0.05, 0) is 48.1 Å². The largest absolute Gasteiger partial charge is 0.473 e. The fourth-order valence-corrected chi connectivity index (χ4v) is 5.03. The lowest BCUT2D eigenvalue weighted by molar-refractivity contribution is 0.294. The number of fused-ring (bicyclic) bond motifs is 2. The number of rotatable bonds is 5. The number of hydrogen-bond acceptors (Lipinski definition) is 3. The van der Waals surface area contributed by atoms with Crippen LogP contribution >= 0.6 is 11.6 Å². The van der Waals surface area contributed by atoms with Gasteiger partial charge < -0.3 is 14.3 Å². The molecule has 6 rings (SSSR count). The first-order valence-corrected chi connectivity index (χ1v) is 11.6. The van der Waals surface area contributed by atoms with Crippen LogP contribution in [-0.2, 0) is 13.0 Å². The number of hydrogen-bond donors (Lipinski definition) is 1. The van der Waals surface area contributed by atoms with Crippen LogP contribution in [0, 0.1) is 0 Å². The number of nitrogens with zero attached hydrogens (tertiary/aromatic N) is 3. The van der Waals surface area contributed by atoms with Gasteiger partial charge in [-0.1, -0.05) is 48.0 Å². The number of benzene rings is 2. The minimum Gasteiger partial charge on any atom is -0.473 e. The van der Waals surface area contributed by atoms with Crippen LogP contribution in [0.5, 0.6) is 5.88 Å². The lowest BCUT2D eigenvalue weighted by atomic mass is 9.87. The van der Waals surface area contributed by atoms with E-state index in [1.54, 1.807) is 0 Å². The molecule has 0 bridgehead atoms. The van der Waals surface area contributed by atoms with Crippen molar-refractivity contribution in [3.63, 3.8) is 0 Å². The number of H-pyrrole nitrogens is 1. The second-order valence-electron chi connectivity index (χ2n) is 8.48. The van der Waals surface area contributed by atoms with E-state index in [1.165, 1.54) is 11.1 Å².